The van der Waals surface area contributed by atoms with E-state index in [-0.39, 0.29) is 0 Å². The van der Waals surface area contributed by atoms with E-state index < -0.39 is 0 Å². The van der Waals surface area contributed by atoms with Crippen LogP contribution in [-0.2, 0) is 0 Å². The third-order valence-electron chi connectivity index (χ3n) is 9.13. The highest BCUT2D eigenvalue weighted by atomic mass is 14.5. The first kappa shape index (κ1) is 22.2. The highest BCUT2D eigenvalue weighted by Crippen LogP contribution is 2.54. The molecule has 0 heteroatoms. The van der Waals surface area contributed by atoms with Gasteiger partial charge < -0.3 is 0 Å². The predicted octanol–water partition coefficient (Wildman–Crippen LogP) is 8.69. The monoisotopic (exact) mass is 384 g/mol. The minimum Gasteiger partial charge on any atom is -0.0834 e. The van der Waals surface area contributed by atoms with E-state index >= 15 is 0 Å². The van der Waals surface area contributed by atoms with Crippen LogP contribution in [0.1, 0.15) is 99.8 Å². The number of hydrogen-bond donors (Lipinski definition) is 0. The Kier molecular flexibility index (Phi) is 7.20. The first-order valence-electron chi connectivity index (χ1n) is 12.7. The van der Waals surface area contributed by atoms with Crippen molar-refractivity contribution in [2.24, 2.45) is 52.8 Å². The van der Waals surface area contributed by atoms with Crippen molar-refractivity contribution in [1.29, 1.82) is 0 Å². The van der Waals surface area contributed by atoms with Crippen LogP contribution in [0, 0.1) is 52.8 Å². The van der Waals surface area contributed by atoms with Gasteiger partial charge >= 0.3 is 0 Å². The average Bonchev–Trinajstić information content (AvgIpc) is 2.67. The molecule has 0 aliphatic heterocycles. The van der Waals surface area contributed by atoms with E-state index in [0.717, 1.165) is 47.3 Å². The summed E-state index contributed by atoms with van der Waals surface area (Å²) in [5, 5.41) is 0. The molecule has 0 heterocycles. The van der Waals surface area contributed by atoms with Crippen molar-refractivity contribution >= 4 is 0 Å². The summed E-state index contributed by atoms with van der Waals surface area (Å²) in [4.78, 5) is 0. The normalized spacial score (nSPS) is 42.1. The molecule has 160 valence electrons. The third-order valence-corrected chi connectivity index (χ3v) is 9.13. The molecule has 7 atom stereocenters. The van der Waals surface area contributed by atoms with Crippen molar-refractivity contribution in [3.8, 4) is 0 Å². The molecule has 7 unspecified atom stereocenters. The van der Waals surface area contributed by atoms with Crippen molar-refractivity contribution in [3.05, 3.63) is 23.8 Å². The van der Waals surface area contributed by atoms with Crippen LogP contribution < -0.4 is 0 Å². The van der Waals surface area contributed by atoms with Gasteiger partial charge in [-0.25, -0.2) is 0 Å². The van der Waals surface area contributed by atoms with Crippen LogP contribution in [0.4, 0.5) is 0 Å². The SMILES string of the molecule is CCC1(C2CC(C)CCC2C(C)C)C=C(C2CC(C)CCC2C(C)C)C=CC1. The van der Waals surface area contributed by atoms with Gasteiger partial charge in [-0.3, -0.25) is 0 Å². The zero-order valence-corrected chi connectivity index (χ0v) is 20.0. The molecule has 0 amide bonds. The maximum absolute atomic E-state index is 2.85. The third kappa shape index (κ3) is 4.46. The van der Waals surface area contributed by atoms with Gasteiger partial charge in [-0.15, -0.1) is 0 Å². The van der Waals surface area contributed by atoms with Crippen LogP contribution in [0.15, 0.2) is 23.8 Å². The molecule has 2 fully saturated rings. The molecule has 0 saturated heterocycles. The van der Waals surface area contributed by atoms with Crippen molar-refractivity contribution in [2.45, 2.75) is 99.8 Å². The van der Waals surface area contributed by atoms with E-state index in [1.54, 1.807) is 5.57 Å². The lowest BCUT2D eigenvalue weighted by Crippen LogP contribution is -2.41. The zero-order chi connectivity index (χ0) is 20.5. The average molecular weight is 385 g/mol. The molecule has 3 aliphatic rings. The number of hydrogen-bond acceptors (Lipinski definition) is 0. The Hall–Kier alpha value is -0.520. The van der Waals surface area contributed by atoms with Crippen LogP contribution in [0.5, 0.6) is 0 Å². The Balaban J connectivity index is 1.95. The molecule has 0 aromatic heterocycles. The van der Waals surface area contributed by atoms with Gasteiger partial charge in [0.2, 0.25) is 0 Å². The van der Waals surface area contributed by atoms with Gasteiger partial charge in [0.15, 0.2) is 0 Å². The molecule has 0 spiro atoms. The van der Waals surface area contributed by atoms with Crippen molar-refractivity contribution < 1.29 is 0 Å². The number of rotatable bonds is 5. The Morgan fingerprint density at radius 3 is 2.11 bits per heavy atom. The Morgan fingerprint density at radius 2 is 1.50 bits per heavy atom. The quantitative estimate of drug-likeness (QED) is 0.444. The van der Waals surface area contributed by atoms with Crippen LogP contribution in [0.25, 0.3) is 0 Å². The molecule has 0 radical (unpaired) electrons. The molecule has 0 N–H and O–H groups in total. The Morgan fingerprint density at radius 1 is 0.893 bits per heavy atom. The summed E-state index contributed by atoms with van der Waals surface area (Å²) in [5.74, 6) is 6.89. The molecular weight excluding hydrogens is 336 g/mol. The minimum atomic E-state index is 0.413. The summed E-state index contributed by atoms with van der Waals surface area (Å²) < 4.78 is 0. The smallest absolute Gasteiger partial charge is 0.00493 e. The van der Waals surface area contributed by atoms with E-state index in [0.29, 0.717) is 5.41 Å². The van der Waals surface area contributed by atoms with E-state index in [1.165, 1.54) is 51.4 Å². The second kappa shape index (κ2) is 9.09. The summed E-state index contributed by atoms with van der Waals surface area (Å²) >= 11 is 0. The Bertz CT molecular complexity index is 565. The van der Waals surface area contributed by atoms with Crippen LogP contribution in [0.3, 0.4) is 0 Å². The predicted molar refractivity (Wildman–Crippen MR) is 124 cm³/mol. The second-order valence-corrected chi connectivity index (χ2v) is 11.7. The maximum atomic E-state index is 2.85. The van der Waals surface area contributed by atoms with Crippen molar-refractivity contribution in [3.63, 3.8) is 0 Å². The lowest BCUT2D eigenvalue weighted by Gasteiger charge is -2.50. The first-order chi connectivity index (χ1) is 13.3. The minimum absolute atomic E-state index is 0.413. The fourth-order valence-electron chi connectivity index (χ4n) is 7.30. The largest absolute Gasteiger partial charge is 0.0834 e. The van der Waals surface area contributed by atoms with E-state index in [9.17, 15) is 0 Å². The van der Waals surface area contributed by atoms with E-state index in [2.05, 4.69) is 66.7 Å². The summed E-state index contributed by atoms with van der Waals surface area (Å²) in [6.45, 7) is 17.4. The second-order valence-electron chi connectivity index (χ2n) is 11.7. The molecule has 3 rings (SSSR count). The summed E-state index contributed by atoms with van der Waals surface area (Å²) in [6.07, 6.45) is 19.2. The van der Waals surface area contributed by atoms with E-state index in [1.807, 2.05) is 0 Å². The number of allylic oxidation sites excluding steroid dienone is 4. The first-order valence-corrected chi connectivity index (χ1v) is 12.7. The van der Waals surface area contributed by atoms with Gasteiger partial charge in [0.05, 0.1) is 0 Å². The fourth-order valence-corrected chi connectivity index (χ4v) is 7.30. The molecule has 3 aliphatic carbocycles. The van der Waals surface area contributed by atoms with E-state index in [4.69, 9.17) is 0 Å². The molecule has 28 heavy (non-hydrogen) atoms. The highest BCUT2D eigenvalue weighted by molar-refractivity contribution is 5.31. The maximum Gasteiger partial charge on any atom is -0.00493 e. The summed E-state index contributed by atoms with van der Waals surface area (Å²) in [5.41, 5.74) is 2.13. The van der Waals surface area contributed by atoms with Gasteiger partial charge in [0.25, 0.3) is 0 Å². The van der Waals surface area contributed by atoms with Gasteiger partial charge in [0, 0.05) is 0 Å². The van der Waals surface area contributed by atoms with Gasteiger partial charge in [-0.05, 0) is 96.9 Å². The molecule has 0 bridgehead atoms. The fraction of sp³-hybridized carbons (Fsp3) is 0.857. The molecule has 0 aromatic rings. The van der Waals surface area contributed by atoms with Gasteiger partial charge in [-0.1, -0.05) is 79.5 Å². The molecular formula is C28H48. The molecule has 0 nitrogen and oxygen atoms in total. The van der Waals surface area contributed by atoms with Crippen molar-refractivity contribution in [1.82, 2.24) is 0 Å². The highest BCUT2D eigenvalue weighted by Gasteiger charge is 2.45. The zero-order valence-electron chi connectivity index (χ0n) is 20.0. The van der Waals surface area contributed by atoms with Gasteiger partial charge in [-0.2, -0.15) is 0 Å². The van der Waals surface area contributed by atoms with Crippen LogP contribution >= 0.6 is 0 Å². The molecule has 0 aromatic carbocycles. The van der Waals surface area contributed by atoms with Gasteiger partial charge in [0.1, 0.15) is 0 Å². The lowest BCUT2D eigenvalue weighted by atomic mass is 9.55. The van der Waals surface area contributed by atoms with Crippen molar-refractivity contribution in [2.75, 3.05) is 0 Å². The lowest BCUT2D eigenvalue weighted by molar-refractivity contribution is 0.0458. The Labute approximate surface area is 176 Å². The summed E-state index contributed by atoms with van der Waals surface area (Å²) in [7, 11) is 0. The standard InChI is InChI=1S/C28H48/c1-8-28(27-17-22(7)12-14-25(27)20(4)5)15-9-10-23(18-28)26-16-21(6)11-13-24(26)19(2)3/h9-10,18-22,24-27H,8,11-17H2,1-7H3. The summed E-state index contributed by atoms with van der Waals surface area (Å²) in [6, 6.07) is 0. The topological polar surface area (TPSA) is 0 Å². The van der Waals surface area contributed by atoms with Crippen LogP contribution in [-0.4, -0.2) is 0 Å². The molecule has 2 saturated carbocycles. The van der Waals surface area contributed by atoms with Crippen LogP contribution in [0.2, 0.25) is 0 Å².